The zero-order valence-corrected chi connectivity index (χ0v) is 13.8. The number of amides is 1. The second-order valence-corrected chi connectivity index (χ2v) is 6.49. The number of nitrogens with one attached hydrogen (secondary N) is 1. The molecule has 0 spiro atoms. The molecule has 0 unspecified atom stereocenters. The van der Waals surface area contributed by atoms with Crippen LogP contribution >= 0.6 is 34.5 Å². The third kappa shape index (κ3) is 3.21. The highest BCUT2D eigenvalue weighted by molar-refractivity contribution is 7.16. The van der Waals surface area contributed by atoms with Gasteiger partial charge in [-0.25, -0.2) is 0 Å². The van der Waals surface area contributed by atoms with E-state index < -0.39 is 0 Å². The number of aryl methyl sites for hydroxylation is 2. The van der Waals surface area contributed by atoms with Crippen LogP contribution < -0.4 is 5.32 Å². The normalized spacial score (nSPS) is 11.0. The highest BCUT2D eigenvalue weighted by atomic mass is 35.5. The smallest absolute Gasteiger partial charge is 0.234 e. The van der Waals surface area contributed by atoms with Crippen molar-refractivity contribution >= 4 is 51.1 Å². The van der Waals surface area contributed by atoms with Crippen LogP contribution in [0.15, 0.2) is 18.2 Å². The average molecular weight is 356 g/mol. The van der Waals surface area contributed by atoms with Gasteiger partial charge in [0.15, 0.2) is 5.82 Å². The molecule has 0 aliphatic carbocycles. The quantitative estimate of drug-likeness (QED) is 0.778. The molecular formula is C13H11Cl2N5OS. The third-order valence-corrected chi connectivity index (χ3v) is 4.48. The second kappa shape index (κ2) is 6.20. The van der Waals surface area contributed by atoms with E-state index in [9.17, 15) is 4.79 Å². The molecule has 3 aromatic rings. The van der Waals surface area contributed by atoms with Gasteiger partial charge in [0.1, 0.15) is 5.01 Å². The maximum Gasteiger partial charge on any atom is 0.234 e. The van der Waals surface area contributed by atoms with Gasteiger partial charge >= 0.3 is 0 Å². The van der Waals surface area contributed by atoms with E-state index in [0.717, 1.165) is 15.8 Å². The van der Waals surface area contributed by atoms with Crippen molar-refractivity contribution < 1.29 is 4.79 Å². The monoisotopic (exact) mass is 355 g/mol. The SMILES string of the molecule is Cc1nnc2sc(CCC(=O)Nc3cc(Cl)ccc3Cl)nn12. The number of aromatic nitrogens is 4. The maximum absolute atomic E-state index is 12.0. The minimum Gasteiger partial charge on any atom is -0.325 e. The first-order chi connectivity index (χ1) is 10.5. The fourth-order valence-electron chi connectivity index (χ4n) is 1.88. The van der Waals surface area contributed by atoms with E-state index in [2.05, 4.69) is 20.6 Å². The van der Waals surface area contributed by atoms with Gasteiger partial charge in [0, 0.05) is 17.9 Å². The van der Waals surface area contributed by atoms with Gasteiger partial charge in [0.2, 0.25) is 10.9 Å². The van der Waals surface area contributed by atoms with Gasteiger partial charge in [-0.05, 0) is 25.1 Å². The van der Waals surface area contributed by atoms with Crippen molar-refractivity contribution in [3.05, 3.63) is 39.1 Å². The Bertz CT molecular complexity index is 844. The summed E-state index contributed by atoms with van der Waals surface area (Å²) in [5.74, 6) is 0.583. The molecule has 0 aliphatic rings. The summed E-state index contributed by atoms with van der Waals surface area (Å²) in [4.78, 5) is 12.7. The van der Waals surface area contributed by atoms with Gasteiger partial charge in [0.05, 0.1) is 10.7 Å². The summed E-state index contributed by atoms with van der Waals surface area (Å²) < 4.78 is 1.67. The van der Waals surface area contributed by atoms with Crippen molar-refractivity contribution in [2.45, 2.75) is 19.8 Å². The number of fused-ring (bicyclic) bond motifs is 1. The van der Waals surface area contributed by atoms with Crippen molar-refractivity contribution in [1.82, 2.24) is 19.8 Å². The first kappa shape index (κ1) is 15.2. The minimum absolute atomic E-state index is 0.146. The Morgan fingerprint density at radius 3 is 2.95 bits per heavy atom. The van der Waals surface area contributed by atoms with E-state index in [-0.39, 0.29) is 5.91 Å². The van der Waals surface area contributed by atoms with E-state index in [0.29, 0.717) is 28.6 Å². The number of nitrogens with zero attached hydrogens (tertiary/aromatic N) is 4. The summed E-state index contributed by atoms with van der Waals surface area (Å²) in [5.41, 5.74) is 0.508. The van der Waals surface area contributed by atoms with Crippen molar-refractivity contribution in [2.24, 2.45) is 0 Å². The summed E-state index contributed by atoms with van der Waals surface area (Å²) in [6.07, 6.45) is 0.823. The third-order valence-electron chi connectivity index (χ3n) is 2.96. The van der Waals surface area contributed by atoms with E-state index in [1.807, 2.05) is 6.92 Å². The number of hydrogen-bond acceptors (Lipinski definition) is 5. The predicted octanol–water partition coefficient (Wildman–Crippen LogP) is 3.37. The molecule has 1 N–H and O–H groups in total. The molecule has 0 saturated heterocycles. The van der Waals surface area contributed by atoms with Crippen molar-refractivity contribution in [1.29, 1.82) is 0 Å². The first-order valence-electron chi connectivity index (χ1n) is 6.45. The standard InChI is InChI=1S/C13H11Cl2N5OS/c1-7-17-18-13-20(7)19-12(22-13)5-4-11(21)16-10-6-8(14)2-3-9(10)15/h2-3,6H,4-5H2,1H3,(H,16,21). The molecule has 6 nitrogen and oxygen atoms in total. The molecular weight excluding hydrogens is 345 g/mol. The lowest BCUT2D eigenvalue weighted by Gasteiger charge is -2.06. The molecule has 9 heteroatoms. The molecule has 3 rings (SSSR count). The van der Waals surface area contributed by atoms with Crippen LogP contribution in [0.4, 0.5) is 5.69 Å². The van der Waals surface area contributed by atoms with Gasteiger partial charge < -0.3 is 5.32 Å². The number of rotatable bonds is 4. The summed E-state index contributed by atoms with van der Waals surface area (Å²) in [6.45, 7) is 1.83. The van der Waals surface area contributed by atoms with Gasteiger partial charge in [0.25, 0.3) is 0 Å². The molecule has 1 aromatic carbocycles. The molecule has 0 bridgehead atoms. The molecule has 0 atom stereocenters. The van der Waals surface area contributed by atoms with Crippen LogP contribution in [-0.4, -0.2) is 25.7 Å². The van der Waals surface area contributed by atoms with E-state index in [1.54, 1.807) is 22.7 Å². The Morgan fingerprint density at radius 1 is 1.36 bits per heavy atom. The zero-order valence-electron chi connectivity index (χ0n) is 11.5. The zero-order chi connectivity index (χ0) is 15.7. The Balaban J connectivity index is 1.63. The lowest BCUT2D eigenvalue weighted by atomic mass is 10.2. The molecule has 2 aromatic heterocycles. The molecule has 0 aliphatic heterocycles. The first-order valence-corrected chi connectivity index (χ1v) is 8.03. The Morgan fingerprint density at radius 2 is 2.18 bits per heavy atom. The van der Waals surface area contributed by atoms with Crippen LogP contribution in [0.25, 0.3) is 4.96 Å². The Kier molecular flexibility index (Phi) is 4.28. The molecule has 0 fully saturated rings. The van der Waals surface area contributed by atoms with Crippen molar-refractivity contribution in [2.75, 3.05) is 5.32 Å². The highest BCUT2D eigenvalue weighted by Gasteiger charge is 2.11. The van der Waals surface area contributed by atoms with Crippen LogP contribution in [-0.2, 0) is 11.2 Å². The molecule has 22 heavy (non-hydrogen) atoms. The largest absolute Gasteiger partial charge is 0.325 e. The predicted molar refractivity (Wildman–Crippen MR) is 86.8 cm³/mol. The molecule has 0 radical (unpaired) electrons. The van der Waals surface area contributed by atoms with E-state index in [1.165, 1.54) is 11.3 Å². The maximum atomic E-state index is 12.0. The lowest BCUT2D eigenvalue weighted by Crippen LogP contribution is -2.12. The second-order valence-electron chi connectivity index (χ2n) is 4.61. The number of anilines is 1. The molecule has 0 saturated carbocycles. The van der Waals surface area contributed by atoms with Crippen LogP contribution in [0.5, 0.6) is 0 Å². The van der Waals surface area contributed by atoms with Crippen molar-refractivity contribution in [3.63, 3.8) is 0 Å². The Hall–Kier alpha value is -1.70. The number of carbonyl (C=O) groups excluding carboxylic acids is 1. The van der Waals surface area contributed by atoms with Crippen molar-refractivity contribution in [3.8, 4) is 0 Å². The fraction of sp³-hybridized carbons (Fsp3) is 0.231. The van der Waals surface area contributed by atoms with Crippen LogP contribution in [0.3, 0.4) is 0 Å². The summed E-state index contributed by atoms with van der Waals surface area (Å²) in [7, 11) is 0. The van der Waals surface area contributed by atoms with E-state index in [4.69, 9.17) is 23.2 Å². The van der Waals surface area contributed by atoms with Gasteiger partial charge in [-0.3, -0.25) is 4.79 Å². The van der Waals surface area contributed by atoms with Crippen LogP contribution in [0, 0.1) is 6.92 Å². The number of hydrogen-bond donors (Lipinski definition) is 1. The summed E-state index contributed by atoms with van der Waals surface area (Å²) >= 11 is 13.3. The topological polar surface area (TPSA) is 72.2 Å². The summed E-state index contributed by atoms with van der Waals surface area (Å²) in [6, 6.07) is 4.93. The minimum atomic E-state index is -0.146. The highest BCUT2D eigenvalue weighted by Crippen LogP contribution is 2.25. The van der Waals surface area contributed by atoms with E-state index >= 15 is 0 Å². The van der Waals surface area contributed by atoms with Gasteiger partial charge in [-0.15, -0.1) is 10.2 Å². The summed E-state index contributed by atoms with van der Waals surface area (Å²) in [5, 5.41) is 16.8. The number of carbonyl (C=O) groups is 1. The molecule has 2 heterocycles. The number of halogens is 2. The van der Waals surface area contributed by atoms with Crippen LogP contribution in [0.2, 0.25) is 10.0 Å². The average Bonchev–Trinajstić information content (AvgIpc) is 3.03. The van der Waals surface area contributed by atoms with Crippen LogP contribution in [0.1, 0.15) is 17.3 Å². The fourth-order valence-corrected chi connectivity index (χ4v) is 3.10. The molecule has 1 amide bonds. The lowest BCUT2D eigenvalue weighted by molar-refractivity contribution is -0.116. The molecule has 114 valence electrons. The Labute approximate surface area is 140 Å². The van der Waals surface area contributed by atoms with Gasteiger partial charge in [-0.2, -0.15) is 9.61 Å². The number of benzene rings is 1. The van der Waals surface area contributed by atoms with Gasteiger partial charge in [-0.1, -0.05) is 34.5 Å².